The molecule has 0 saturated carbocycles. The standard InChI is InChI=1S/C18H28N6/c1-17-7-21-3-13(4-22(8-17)11-21)15(17)19-20-16-14-5-23-9-18(16,2)10-24(6-14)12-23/h13-14H,3-12H2,1-2H3/p+4/b19-15-,20-16-. The Bertz CT molecular complexity index is 570. The molecule has 0 amide bonds. The fraction of sp³-hybridized carbons (Fsp3) is 0.889. The zero-order valence-corrected chi connectivity index (χ0v) is 15.1. The van der Waals surface area contributed by atoms with Crippen molar-refractivity contribution in [2.24, 2.45) is 32.9 Å². The van der Waals surface area contributed by atoms with Gasteiger partial charge in [-0.2, -0.15) is 10.2 Å². The number of piperidine rings is 4. The highest BCUT2D eigenvalue weighted by Crippen LogP contribution is 2.30. The molecule has 8 saturated heterocycles. The van der Waals surface area contributed by atoms with Crippen LogP contribution in [0.5, 0.6) is 0 Å². The Morgan fingerprint density at radius 1 is 0.667 bits per heavy atom. The molecule has 0 aromatic rings. The molecule has 0 radical (unpaired) electrons. The van der Waals surface area contributed by atoms with Crippen LogP contribution in [-0.4, -0.2) is 77.1 Å². The van der Waals surface area contributed by atoms with Gasteiger partial charge in [-0.1, -0.05) is 0 Å². The molecule has 6 heteroatoms. The van der Waals surface area contributed by atoms with E-state index < -0.39 is 0 Å². The minimum absolute atomic E-state index is 0.310. The minimum Gasteiger partial charge on any atom is -0.287 e. The van der Waals surface area contributed by atoms with E-state index in [0.717, 1.165) is 0 Å². The second-order valence-electron chi connectivity index (χ2n) is 10.4. The van der Waals surface area contributed by atoms with E-state index in [9.17, 15) is 0 Å². The van der Waals surface area contributed by atoms with Crippen molar-refractivity contribution >= 4 is 11.4 Å². The quantitative estimate of drug-likeness (QED) is 0.347. The Labute approximate surface area is 144 Å². The fourth-order valence-corrected chi connectivity index (χ4v) is 7.65. The highest BCUT2D eigenvalue weighted by molar-refractivity contribution is 5.96. The number of quaternary nitrogens is 4. The molecule has 0 aromatic carbocycles. The summed E-state index contributed by atoms with van der Waals surface area (Å²) < 4.78 is 0. The summed E-state index contributed by atoms with van der Waals surface area (Å²) in [4.78, 5) is 7.21. The maximum atomic E-state index is 5.05. The SMILES string of the molecule is CC12C[NH+]3CC(C[NH+](C3)C1)/C2=N/N=C1/C2C[NH+]3C[NH+](C2)CC1(C)C3. The largest absolute Gasteiger partial charge is 0.287 e. The van der Waals surface area contributed by atoms with Crippen LogP contribution in [0.2, 0.25) is 0 Å². The average Bonchev–Trinajstić information content (AvgIpc) is 2.46. The van der Waals surface area contributed by atoms with Crippen LogP contribution in [0.15, 0.2) is 10.2 Å². The van der Waals surface area contributed by atoms with Crippen LogP contribution in [0.1, 0.15) is 13.8 Å². The van der Waals surface area contributed by atoms with Crippen molar-refractivity contribution in [1.82, 2.24) is 0 Å². The van der Waals surface area contributed by atoms with E-state index >= 15 is 0 Å². The first-order chi connectivity index (χ1) is 11.5. The van der Waals surface area contributed by atoms with Gasteiger partial charge in [0.1, 0.15) is 10.8 Å². The molecule has 4 unspecified atom stereocenters. The van der Waals surface area contributed by atoms with Crippen LogP contribution in [-0.2, 0) is 0 Å². The molecular weight excluding hydrogens is 300 g/mol. The van der Waals surface area contributed by atoms with Crippen LogP contribution in [0, 0.1) is 22.7 Å². The summed E-state index contributed by atoms with van der Waals surface area (Å²) in [5, 5.41) is 10.1. The third-order valence-electron chi connectivity index (χ3n) is 7.98. The van der Waals surface area contributed by atoms with E-state index in [0.29, 0.717) is 22.7 Å². The molecule has 8 bridgehead atoms. The molecule has 8 fully saturated rings. The lowest BCUT2D eigenvalue weighted by atomic mass is 9.69. The third-order valence-corrected chi connectivity index (χ3v) is 7.98. The first-order valence-electron chi connectivity index (χ1n) is 10.0. The maximum absolute atomic E-state index is 5.05. The molecule has 4 N–H and O–H groups in total. The van der Waals surface area contributed by atoms with Gasteiger partial charge in [-0.15, -0.1) is 0 Å². The zero-order valence-electron chi connectivity index (χ0n) is 15.1. The van der Waals surface area contributed by atoms with E-state index in [2.05, 4.69) is 13.8 Å². The summed E-state index contributed by atoms with van der Waals surface area (Å²) in [5.74, 6) is 1.38. The van der Waals surface area contributed by atoms with Crippen LogP contribution >= 0.6 is 0 Å². The van der Waals surface area contributed by atoms with E-state index in [1.54, 1.807) is 19.6 Å². The Kier molecular flexibility index (Phi) is 2.67. The molecule has 0 aromatic heterocycles. The molecular formula is C18H32N6+4. The summed E-state index contributed by atoms with van der Waals surface area (Å²) in [5.41, 5.74) is 3.54. The van der Waals surface area contributed by atoms with Gasteiger partial charge in [-0.25, -0.2) is 0 Å². The van der Waals surface area contributed by atoms with Crippen molar-refractivity contribution < 1.29 is 19.6 Å². The molecule has 8 aliphatic rings. The normalized spacial score (nSPS) is 60.6. The van der Waals surface area contributed by atoms with Gasteiger partial charge in [0.25, 0.3) is 0 Å². The van der Waals surface area contributed by atoms with E-state index in [4.69, 9.17) is 10.2 Å². The summed E-state index contributed by atoms with van der Waals surface area (Å²) >= 11 is 0. The van der Waals surface area contributed by atoms with Crippen molar-refractivity contribution in [2.75, 3.05) is 65.7 Å². The number of nitrogens with one attached hydrogen (secondary N) is 4. The van der Waals surface area contributed by atoms with Crippen molar-refractivity contribution in [1.29, 1.82) is 0 Å². The highest BCUT2D eigenvalue weighted by atomic mass is 15.4. The predicted molar refractivity (Wildman–Crippen MR) is 90.6 cm³/mol. The number of hydrogen-bond donors (Lipinski definition) is 4. The second kappa shape index (κ2) is 4.47. The van der Waals surface area contributed by atoms with E-state index in [1.165, 1.54) is 77.1 Å². The Balaban J connectivity index is 1.36. The second-order valence-corrected chi connectivity index (χ2v) is 10.4. The summed E-state index contributed by atoms with van der Waals surface area (Å²) in [6.45, 7) is 18.0. The monoisotopic (exact) mass is 332 g/mol. The first-order valence-corrected chi connectivity index (χ1v) is 10.0. The van der Waals surface area contributed by atoms with Gasteiger partial charge in [-0.05, 0) is 13.8 Å². The average molecular weight is 332 g/mol. The van der Waals surface area contributed by atoms with Crippen LogP contribution in [0.25, 0.3) is 0 Å². The maximum Gasteiger partial charge on any atom is 0.204 e. The molecule has 0 aliphatic carbocycles. The molecule has 6 nitrogen and oxygen atoms in total. The molecule has 4 atom stereocenters. The minimum atomic E-state index is 0.310. The molecule has 0 spiro atoms. The Morgan fingerprint density at radius 2 is 1.00 bits per heavy atom. The Hall–Kier alpha value is -0.820. The smallest absolute Gasteiger partial charge is 0.204 e. The first kappa shape index (κ1) is 14.4. The van der Waals surface area contributed by atoms with Crippen molar-refractivity contribution in [3.63, 3.8) is 0 Å². The van der Waals surface area contributed by atoms with Crippen molar-refractivity contribution in [3.8, 4) is 0 Å². The van der Waals surface area contributed by atoms with Gasteiger partial charge in [0.15, 0.2) is 0 Å². The highest BCUT2D eigenvalue weighted by Gasteiger charge is 2.59. The van der Waals surface area contributed by atoms with Gasteiger partial charge in [0, 0.05) is 0 Å². The molecule has 8 aliphatic heterocycles. The molecule has 130 valence electrons. The van der Waals surface area contributed by atoms with E-state index in [1.807, 2.05) is 0 Å². The van der Waals surface area contributed by atoms with Gasteiger partial charge in [-0.3, -0.25) is 19.6 Å². The number of hydrogen-bond acceptors (Lipinski definition) is 2. The predicted octanol–water partition coefficient (Wildman–Crippen LogP) is -5.44. The molecule has 8 rings (SSSR count). The van der Waals surface area contributed by atoms with Crippen LogP contribution < -0.4 is 19.6 Å². The third kappa shape index (κ3) is 1.86. The number of nitrogens with zero attached hydrogens (tertiary/aromatic N) is 2. The van der Waals surface area contributed by atoms with Crippen molar-refractivity contribution in [3.05, 3.63) is 0 Å². The van der Waals surface area contributed by atoms with Gasteiger partial charge in [0.05, 0.1) is 75.6 Å². The molecule has 24 heavy (non-hydrogen) atoms. The topological polar surface area (TPSA) is 42.5 Å². The lowest BCUT2D eigenvalue weighted by molar-refractivity contribution is -1.13. The lowest BCUT2D eigenvalue weighted by Gasteiger charge is -2.53. The van der Waals surface area contributed by atoms with E-state index in [-0.39, 0.29) is 0 Å². The summed E-state index contributed by atoms with van der Waals surface area (Å²) in [7, 11) is 0. The van der Waals surface area contributed by atoms with Gasteiger partial charge in [0.2, 0.25) is 13.3 Å². The zero-order chi connectivity index (χ0) is 16.1. The van der Waals surface area contributed by atoms with Crippen LogP contribution in [0.4, 0.5) is 0 Å². The Morgan fingerprint density at radius 3 is 1.29 bits per heavy atom. The van der Waals surface area contributed by atoms with Gasteiger partial charge >= 0.3 is 0 Å². The van der Waals surface area contributed by atoms with Crippen LogP contribution in [0.3, 0.4) is 0 Å². The molecule has 8 heterocycles. The summed E-state index contributed by atoms with van der Waals surface area (Å²) in [6.07, 6.45) is 0. The summed E-state index contributed by atoms with van der Waals surface area (Å²) in [6, 6.07) is 0. The fourth-order valence-electron chi connectivity index (χ4n) is 7.65. The lowest BCUT2D eigenvalue weighted by Crippen LogP contribution is -3.40. The van der Waals surface area contributed by atoms with Crippen molar-refractivity contribution in [2.45, 2.75) is 13.8 Å². The van der Waals surface area contributed by atoms with Gasteiger partial charge < -0.3 is 0 Å². The number of rotatable bonds is 1.